The van der Waals surface area contributed by atoms with E-state index in [-0.39, 0.29) is 10.6 Å². The van der Waals surface area contributed by atoms with Gasteiger partial charge in [-0.25, -0.2) is 0 Å². The maximum atomic E-state index is 10.7. The molecule has 0 saturated heterocycles. The Labute approximate surface area is 106 Å². The topological polar surface area (TPSA) is 61.6 Å². The van der Waals surface area contributed by atoms with Gasteiger partial charge in [0.15, 0.2) is 11.5 Å². The number of nitro groups is 1. The second-order valence-electron chi connectivity index (χ2n) is 3.59. The van der Waals surface area contributed by atoms with Crippen LogP contribution < -0.4 is 9.47 Å². The van der Waals surface area contributed by atoms with Crippen LogP contribution in [-0.4, -0.2) is 18.6 Å². The molecule has 0 saturated carbocycles. The third kappa shape index (κ3) is 3.48. The lowest BCUT2D eigenvalue weighted by atomic mass is 10.1. The molecule has 0 spiro atoms. The van der Waals surface area contributed by atoms with E-state index in [1.54, 1.807) is 32.2 Å². The van der Waals surface area contributed by atoms with Crippen molar-refractivity contribution in [2.45, 2.75) is 20.3 Å². The van der Waals surface area contributed by atoms with Crippen LogP contribution in [0.3, 0.4) is 0 Å². The molecular formula is C13H17NO4. The normalized spacial score (nSPS) is 11.2. The molecule has 0 unspecified atom stereocenters. The highest BCUT2D eigenvalue weighted by atomic mass is 16.6. The zero-order valence-electron chi connectivity index (χ0n) is 10.8. The highest BCUT2D eigenvalue weighted by Gasteiger charge is 2.09. The van der Waals surface area contributed by atoms with E-state index in [0.717, 1.165) is 5.56 Å². The van der Waals surface area contributed by atoms with Gasteiger partial charge < -0.3 is 9.47 Å². The van der Waals surface area contributed by atoms with E-state index in [9.17, 15) is 10.1 Å². The fraction of sp³-hybridized carbons (Fsp3) is 0.385. The van der Waals surface area contributed by atoms with Gasteiger partial charge in [-0.1, -0.05) is 13.0 Å². The van der Waals surface area contributed by atoms with Gasteiger partial charge in [0.1, 0.15) is 0 Å². The zero-order chi connectivity index (χ0) is 13.5. The molecule has 0 heterocycles. The lowest BCUT2D eigenvalue weighted by Crippen LogP contribution is -1.98. The molecule has 0 bridgehead atoms. The van der Waals surface area contributed by atoms with Crippen molar-refractivity contribution in [3.8, 4) is 11.5 Å². The van der Waals surface area contributed by atoms with Gasteiger partial charge in [0, 0.05) is 12.5 Å². The second-order valence-corrected chi connectivity index (χ2v) is 3.59. The zero-order valence-corrected chi connectivity index (χ0v) is 10.8. The van der Waals surface area contributed by atoms with Crippen molar-refractivity contribution in [1.82, 2.24) is 0 Å². The van der Waals surface area contributed by atoms with Gasteiger partial charge in [-0.05, 0) is 24.6 Å². The Hall–Kier alpha value is -2.04. The van der Waals surface area contributed by atoms with E-state index in [1.807, 2.05) is 6.92 Å². The molecule has 0 atom stereocenters. The number of hydrogen-bond donors (Lipinski definition) is 0. The molecular weight excluding hydrogens is 234 g/mol. The SMILES string of the molecule is CCOc1ccc(/C=C(/CC)[N+](=O)[O-])cc1OC. The molecule has 0 amide bonds. The van der Waals surface area contributed by atoms with E-state index in [2.05, 4.69) is 0 Å². The van der Waals surface area contributed by atoms with Crippen molar-refractivity contribution in [2.24, 2.45) is 0 Å². The maximum absolute atomic E-state index is 10.7. The summed E-state index contributed by atoms with van der Waals surface area (Å²) in [6.45, 7) is 4.18. The molecule has 0 aliphatic heterocycles. The fourth-order valence-electron chi connectivity index (χ4n) is 1.52. The summed E-state index contributed by atoms with van der Waals surface area (Å²) >= 11 is 0. The van der Waals surface area contributed by atoms with Crippen LogP contribution in [0.2, 0.25) is 0 Å². The first kappa shape index (κ1) is 14.0. The monoisotopic (exact) mass is 251 g/mol. The van der Waals surface area contributed by atoms with Crippen LogP contribution in [0.25, 0.3) is 6.08 Å². The van der Waals surface area contributed by atoms with Gasteiger partial charge >= 0.3 is 0 Å². The molecule has 0 N–H and O–H groups in total. The molecule has 0 aliphatic rings. The molecule has 0 aromatic heterocycles. The van der Waals surface area contributed by atoms with Gasteiger partial charge in [-0.15, -0.1) is 0 Å². The minimum Gasteiger partial charge on any atom is -0.493 e. The molecule has 98 valence electrons. The summed E-state index contributed by atoms with van der Waals surface area (Å²) in [6, 6.07) is 5.25. The van der Waals surface area contributed by atoms with Crippen molar-refractivity contribution in [3.05, 3.63) is 39.6 Å². The van der Waals surface area contributed by atoms with Crippen LogP contribution in [0, 0.1) is 10.1 Å². The summed E-state index contributed by atoms with van der Waals surface area (Å²) in [5.74, 6) is 1.21. The van der Waals surface area contributed by atoms with E-state index < -0.39 is 0 Å². The van der Waals surface area contributed by atoms with Crippen LogP contribution in [-0.2, 0) is 0 Å². The first-order valence-corrected chi connectivity index (χ1v) is 5.78. The summed E-state index contributed by atoms with van der Waals surface area (Å²) in [7, 11) is 1.54. The average molecular weight is 251 g/mol. The standard InChI is InChI=1S/C13H17NO4/c1-4-11(14(15)16)8-10-6-7-12(18-5-2)13(9-10)17-3/h6-9H,4-5H2,1-3H3/b11-8-. The van der Waals surface area contributed by atoms with Gasteiger partial charge in [0.25, 0.3) is 0 Å². The summed E-state index contributed by atoms with van der Waals surface area (Å²) < 4.78 is 10.6. The number of ether oxygens (including phenoxy) is 2. The number of benzene rings is 1. The van der Waals surface area contributed by atoms with Crippen molar-refractivity contribution >= 4 is 6.08 Å². The van der Waals surface area contributed by atoms with Crippen molar-refractivity contribution in [2.75, 3.05) is 13.7 Å². The first-order chi connectivity index (χ1) is 8.62. The van der Waals surface area contributed by atoms with Crippen molar-refractivity contribution in [1.29, 1.82) is 0 Å². The Kier molecular flexibility index (Phi) is 5.17. The molecule has 0 radical (unpaired) electrons. The minimum absolute atomic E-state index is 0.168. The number of rotatable bonds is 6. The van der Waals surface area contributed by atoms with Crippen LogP contribution in [0.15, 0.2) is 23.9 Å². The average Bonchev–Trinajstić information content (AvgIpc) is 2.37. The highest BCUT2D eigenvalue weighted by molar-refractivity contribution is 5.57. The summed E-state index contributed by atoms with van der Waals surface area (Å²) in [5, 5.41) is 10.7. The summed E-state index contributed by atoms with van der Waals surface area (Å²) in [6.07, 6.45) is 1.92. The molecule has 5 nitrogen and oxygen atoms in total. The van der Waals surface area contributed by atoms with Gasteiger partial charge in [-0.3, -0.25) is 10.1 Å². The van der Waals surface area contributed by atoms with E-state index in [0.29, 0.717) is 24.5 Å². The highest BCUT2D eigenvalue weighted by Crippen LogP contribution is 2.29. The molecule has 1 rings (SSSR count). The van der Waals surface area contributed by atoms with Crippen molar-refractivity contribution < 1.29 is 14.4 Å². The van der Waals surface area contributed by atoms with Crippen LogP contribution in [0.1, 0.15) is 25.8 Å². The van der Waals surface area contributed by atoms with Crippen LogP contribution in [0.4, 0.5) is 0 Å². The Morgan fingerprint density at radius 3 is 2.61 bits per heavy atom. The fourth-order valence-corrected chi connectivity index (χ4v) is 1.52. The Morgan fingerprint density at radius 2 is 2.11 bits per heavy atom. The van der Waals surface area contributed by atoms with Crippen LogP contribution in [0.5, 0.6) is 11.5 Å². The lowest BCUT2D eigenvalue weighted by molar-refractivity contribution is -0.425. The Balaban J connectivity index is 3.08. The molecule has 5 heteroatoms. The quantitative estimate of drug-likeness (QED) is 0.575. The molecule has 1 aromatic rings. The largest absolute Gasteiger partial charge is 0.493 e. The lowest BCUT2D eigenvalue weighted by Gasteiger charge is -2.09. The van der Waals surface area contributed by atoms with Gasteiger partial charge in [0.05, 0.1) is 18.6 Å². The minimum atomic E-state index is -0.372. The number of nitrogens with zero attached hydrogens (tertiary/aromatic N) is 1. The van der Waals surface area contributed by atoms with Crippen LogP contribution >= 0.6 is 0 Å². The van der Waals surface area contributed by atoms with Crippen molar-refractivity contribution in [3.63, 3.8) is 0 Å². The third-order valence-electron chi connectivity index (χ3n) is 2.42. The first-order valence-electron chi connectivity index (χ1n) is 5.78. The maximum Gasteiger partial charge on any atom is 0.246 e. The Bertz CT molecular complexity index is 454. The molecule has 18 heavy (non-hydrogen) atoms. The summed E-state index contributed by atoms with van der Waals surface area (Å²) in [4.78, 5) is 10.4. The van der Waals surface area contributed by atoms with E-state index in [4.69, 9.17) is 9.47 Å². The number of methoxy groups -OCH3 is 1. The predicted octanol–water partition coefficient (Wildman–Crippen LogP) is 3.12. The second kappa shape index (κ2) is 6.64. The number of allylic oxidation sites excluding steroid dienone is 1. The van der Waals surface area contributed by atoms with Gasteiger partial charge in [-0.2, -0.15) is 0 Å². The van der Waals surface area contributed by atoms with E-state index in [1.165, 1.54) is 6.08 Å². The smallest absolute Gasteiger partial charge is 0.246 e. The van der Waals surface area contributed by atoms with E-state index >= 15 is 0 Å². The molecule has 0 aliphatic carbocycles. The number of hydrogen-bond acceptors (Lipinski definition) is 4. The predicted molar refractivity (Wildman–Crippen MR) is 69.4 cm³/mol. The summed E-state index contributed by atoms with van der Waals surface area (Å²) in [5.41, 5.74) is 0.894. The molecule has 1 aromatic carbocycles. The third-order valence-corrected chi connectivity index (χ3v) is 2.42. The van der Waals surface area contributed by atoms with Gasteiger partial charge in [0.2, 0.25) is 5.70 Å². The Morgan fingerprint density at radius 1 is 1.39 bits per heavy atom. The molecule has 0 fully saturated rings.